The van der Waals surface area contributed by atoms with Crippen molar-refractivity contribution in [2.75, 3.05) is 7.05 Å². The molecule has 106 valence electrons. The predicted molar refractivity (Wildman–Crippen MR) is 71.6 cm³/mol. The molecule has 1 aromatic carbocycles. The van der Waals surface area contributed by atoms with Crippen molar-refractivity contribution in [1.82, 2.24) is 4.90 Å². The normalized spacial score (nSPS) is 9.50. The molecule has 0 radical (unpaired) electrons. The van der Waals surface area contributed by atoms with Crippen LogP contribution in [0, 0.1) is 0 Å². The number of halogens is 1. The number of hydrogen-bond acceptors (Lipinski definition) is 2. The van der Waals surface area contributed by atoms with Crippen LogP contribution in [0.1, 0.15) is 5.56 Å². The van der Waals surface area contributed by atoms with Crippen LogP contribution in [0.2, 0.25) is 0 Å². The molecule has 0 atom stereocenters. The lowest BCUT2D eigenvalue weighted by atomic mass is 10.2. The lowest BCUT2D eigenvalue weighted by Gasteiger charge is -2.16. The molecular weight excluding hydrogens is 367 g/mol. The van der Waals surface area contributed by atoms with Gasteiger partial charge in [-0.1, -0.05) is 30.3 Å². The van der Waals surface area contributed by atoms with Gasteiger partial charge in [-0.05, 0) is 5.56 Å². The van der Waals surface area contributed by atoms with E-state index >= 15 is 0 Å². The fourth-order valence-electron chi connectivity index (χ4n) is 1.66. The molecule has 0 aliphatic carbocycles. The highest BCUT2D eigenvalue weighted by atomic mass is 127. The number of nitrogens with zero attached hydrogens (tertiary/aromatic N) is 2. The van der Waals surface area contributed by atoms with Gasteiger partial charge in [0, 0.05) is 25.7 Å². The summed E-state index contributed by atoms with van der Waals surface area (Å²) in [4.78, 5) is 13.4. The smallest absolute Gasteiger partial charge is 0.415 e. The van der Waals surface area contributed by atoms with E-state index in [1.807, 2.05) is 54.3 Å². The molecular formula is C15H17IN2O2. The molecule has 2 rings (SSSR count). The zero-order valence-corrected chi connectivity index (χ0v) is 13.6. The number of pyridine rings is 1. The van der Waals surface area contributed by atoms with E-state index in [4.69, 9.17) is 4.74 Å². The van der Waals surface area contributed by atoms with Crippen LogP contribution in [0.4, 0.5) is 4.79 Å². The predicted octanol–water partition coefficient (Wildman–Crippen LogP) is -0.854. The number of carbonyl (C=O) groups is 1. The van der Waals surface area contributed by atoms with Crippen LogP contribution in [-0.2, 0) is 13.6 Å². The van der Waals surface area contributed by atoms with Gasteiger partial charge in [-0.25, -0.2) is 9.36 Å². The summed E-state index contributed by atoms with van der Waals surface area (Å²) < 4.78 is 7.16. The lowest BCUT2D eigenvalue weighted by molar-refractivity contribution is -0.671. The number of hydrogen-bond donors (Lipinski definition) is 0. The summed E-state index contributed by atoms with van der Waals surface area (Å²) in [6.45, 7) is 0.528. The molecule has 0 fully saturated rings. The third-order valence-corrected chi connectivity index (χ3v) is 2.73. The van der Waals surface area contributed by atoms with Gasteiger partial charge in [-0.3, -0.25) is 0 Å². The number of aryl methyl sites for hydroxylation is 1. The van der Waals surface area contributed by atoms with Crippen molar-refractivity contribution in [3.63, 3.8) is 0 Å². The van der Waals surface area contributed by atoms with Gasteiger partial charge in [0.25, 0.3) is 0 Å². The molecule has 0 aliphatic rings. The van der Waals surface area contributed by atoms with E-state index in [1.165, 1.54) is 0 Å². The lowest BCUT2D eigenvalue weighted by Crippen LogP contribution is -3.00. The molecule has 0 saturated carbocycles. The van der Waals surface area contributed by atoms with Crippen molar-refractivity contribution >= 4 is 6.09 Å². The molecule has 0 N–H and O–H groups in total. The van der Waals surface area contributed by atoms with Crippen LogP contribution >= 0.6 is 0 Å². The third kappa shape index (κ3) is 4.80. The van der Waals surface area contributed by atoms with E-state index < -0.39 is 0 Å². The van der Waals surface area contributed by atoms with Crippen LogP contribution in [0.3, 0.4) is 0 Å². The first kappa shape index (κ1) is 16.4. The first-order chi connectivity index (χ1) is 9.15. The van der Waals surface area contributed by atoms with Gasteiger partial charge >= 0.3 is 6.09 Å². The number of carbonyl (C=O) groups excluding carboxylic acids is 1. The average molecular weight is 384 g/mol. The maximum atomic E-state index is 11.9. The first-order valence-corrected chi connectivity index (χ1v) is 6.07. The standard InChI is InChI=1S/C15H17N2O2.HI/c1-16-10-8-14(9-11-16)19-15(18)17(2)12-13-6-4-3-5-7-13;/h3-11H,12H2,1-2H3;1H/q+1;/p-1. The monoisotopic (exact) mass is 384 g/mol. The van der Waals surface area contributed by atoms with Gasteiger partial charge in [-0.2, -0.15) is 0 Å². The second-order valence-electron chi connectivity index (χ2n) is 4.41. The Morgan fingerprint density at radius 3 is 2.35 bits per heavy atom. The summed E-state index contributed by atoms with van der Waals surface area (Å²) in [6, 6.07) is 13.3. The number of ether oxygens (including phenoxy) is 1. The summed E-state index contributed by atoms with van der Waals surface area (Å²) in [5.74, 6) is 0.544. The van der Waals surface area contributed by atoms with Crippen LogP contribution in [-0.4, -0.2) is 18.0 Å². The number of aromatic nitrogens is 1. The number of benzene rings is 1. The van der Waals surface area contributed by atoms with E-state index in [0.29, 0.717) is 12.3 Å². The van der Waals surface area contributed by atoms with Crippen molar-refractivity contribution in [2.24, 2.45) is 7.05 Å². The van der Waals surface area contributed by atoms with Gasteiger partial charge in [0.15, 0.2) is 12.4 Å². The zero-order valence-electron chi connectivity index (χ0n) is 11.5. The summed E-state index contributed by atoms with van der Waals surface area (Å²) in [6.07, 6.45) is 3.30. The molecule has 1 aromatic heterocycles. The fourth-order valence-corrected chi connectivity index (χ4v) is 1.66. The molecule has 4 nitrogen and oxygen atoms in total. The highest BCUT2D eigenvalue weighted by molar-refractivity contribution is 5.70. The Hall–Kier alpha value is -1.63. The maximum absolute atomic E-state index is 11.9. The van der Waals surface area contributed by atoms with Gasteiger partial charge in [0.1, 0.15) is 12.8 Å². The first-order valence-electron chi connectivity index (χ1n) is 6.07. The van der Waals surface area contributed by atoms with Crippen LogP contribution in [0.15, 0.2) is 54.9 Å². The fraction of sp³-hybridized carbons (Fsp3) is 0.200. The van der Waals surface area contributed by atoms with Crippen LogP contribution < -0.4 is 33.3 Å². The quantitative estimate of drug-likeness (QED) is 0.510. The molecule has 1 amide bonds. The highest BCUT2D eigenvalue weighted by Crippen LogP contribution is 2.09. The molecule has 0 unspecified atom stereocenters. The molecule has 5 heteroatoms. The average Bonchev–Trinajstić information content (AvgIpc) is 2.42. The van der Waals surface area contributed by atoms with Crippen molar-refractivity contribution in [1.29, 1.82) is 0 Å². The summed E-state index contributed by atoms with van der Waals surface area (Å²) in [5, 5.41) is 0. The second kappa shape index (κ2) is 7.84. The van der Waals surface area contributed by atoms with E-state index in [9.17, 15) is 4.79 Å². The molecule has 0 spiro atoms. The molecule has 0 aliphatic heterocycles. The third-order valence-electron chi connectivity index (χ3n) is 2.73. The SMILES string of the molecule is CN(Cc1ccccc1)C(=O)Oc1cc[n+](C)cc1.[I-]. The number of amides is 1. The molecule has 0 saturated heterocycles. The largest absolute Gasteiger partial charge is 1.00 e. The molecule has 20 heavy (non-hydrogen) atoms. The van der Waals surface area contributed by atoms with Gasteiger partial charge in [0.2, 0.25) is 0 Å². The Kier molecular flexibility index (Phi) is 6.44. The Labute approximate surface area is 136 Å². The highest BCUT2D eigenvalue weighted by Gasteiger charge is 2.12. The Bertz CT molecular complexity index is 544. The van der Waals surface area contributed by atoms with Crippen molar-refractivity contribution < 1.29 is 38.1 Å². The zero-order chi connectivity index (χ0) is 13.7. The summed E-state index contributed by atoms with van der Waals surface area (Å²) in [7, 11) is 3.63. The van der Waals surface area contributed by atoms with E-state index in [-0.39, 0.29) is 30.1 Å². The minimum Gasteiger partial charge on any atom is -1.00 e. The minimum absolute atomic E-state index is 0. The summed E-state index contributed by atoms with van der Waals surface area (Å²) >= 11 is 0. The van der Waals surface area contributed by atoms with Gasteiger partial charge in [-0.15, -0.1) is 0 Å². The van der Waals surface area contributed by atoms with Crippen molar-refractivity contribution in [2.45, 2.75) is 6.54 Å². The van der Waals surface area contributed by atoms with E-state index in [1.54, 1.807) is 24.1 Å². The number of rotatable bonds is 3. The van der Waals surface area contributed by atoms with Gasteiger partial charge in [0.05, 0.1) is 0 Å². The Balaban J connectivity index is 0.00000200. The molecule has 0 bridgehead atoms. The molecule has 2 aromatic rings. The van der Waals surface area contributed by atoms with Crippen LogP contribution in [0.25, 0.3) is 0 Å². The summed E-state index contributed by atoms with van der Waals surface area (Å²) in [5.41, 5.74) is 1.07. The topological polar surface area (TPSA) is 33.4 Å². The van der Waals surface area contributed by atoms with Crippen LogP contribution in [0.5, 0.6) is 5.75 Å². The molecule has 1 heterocycles. The Morgan fingerprint density at radius 1 is 1.15 bits per heavy atom. The Morgan fingerprint density at radius 2 is 1.75 bits per heavy atom. The van der Waals surface area contributed by atoms with Crippen molar-refractivity contribution in [3.8, 4) is 5.75 Å². The second-order valence-corrected chi connectivity index (χ2v) is 4.41. The van der Waals surface area contributed by atoms with E-state index in [0.717, 1.165) is 5.56 Å². The van der Waals surface area contributed by atoms with Crippen molar-refractivity contribution in [3.05, 3.63) is 60.4 Å². The minimum atomic E-state index is -0.363. The van der Waals surface area contributed by atoms with E-state index in [2.05, 4.69) is 0 Å². The van der Waals surface area contributed by atoms with Gasteiger partial charge < -0.3 is 33.6 Å². The maximum Gasteiger partial charge on any atom is 0.415 e.